The Bertz CT molecular complexity index is 147. The Morgan fingerprint density at radius 2 is 2.33 bits per heavy atom. The summed E-state index contributed by atoms with van der Waals surface area (Å²) in [6, 6.07) is 0. The van der Waals surface area contributed by atoms with E-state index in [1.165, 1.54) is 32.1 Å². The monoisotopic (exact) mass is 170 g/mol. The number of hydrogen-bond donors (Lipinski definition) is 0. The van der Waals surface area contributed by atoms with Gasteiger partial charge >= 0.3 is 0 Å². The fraction of sp³-hybridized carbons (Fsp3) is 1.00. The van der Waals surface area contributed by atoms with Gasteiger partial charge in [0.2, 0.25) is 0 Å². The molecule has 2 fully saturated rings. The molecule has 0 amide bonds. The topological polar surface area (TPSA) is 21.8 Å². The lowest BCUT2D eigenvalue weighted by atomic mass is 9.98. The Labute approximate surface area is 74.2 Å². The van der Waals surface area contributed by atoms with Crippen molar-refractivity contribution >= 4 is 0 Å². The molecule has 0 aromatic heterocycles. The van der Waals surface area contributed by atoms with Crippen LogP contribution >= 0.6 is 0 Å². The first kappa shape index (κ1) is 8.52. The molecule has 0 aromatic rings. The summed E-state index contributed by atoms with van der Waals surface area (Å²) >= 11 is 0. The largest absolute Gasteiger partial charge is 0.375 e. The number of epoxide rings is 1. The van der Waals surface area contributed by atoms with E-state index in [-0.39, 0.29) is 0 Å². The lowest BCUT2D eigenvalue weighted by Gasteiger charge is -2.18. The summed E-state index contributed by atoms with van der Waals surface area (Å²) in [5, 5.41) is 0. The lowest BCUT2D eigenvalue weighted by molar-refractivity contribution is 0.0235. The van der Waals surface area contributed by atoms with Gasteiger partial charge in [-0.15, -0.1) is 0 Å². The van der Waals surface area contributed by atoms with Crippen LogP contribution in [0.15, 0.2) is 0 Å². The summed E-state index contributed by atoms with van der Waals surface area (Å²) < 4.78 is 11.2. The zero-order valence-corrected chi connectivity index (χ0v) is 7.79. The highest BCUT2D eigenvalue weighted by Crippen LogP contribution is 2.38. The molecule has 0 unspecified atom stereocenters. The molecule has 2 aliphatic rings. The highest BCUT2D eigenvalue weighted by atomic mass is 16.6. The van der Waals surface area contributed by atoms with E-state index in [1.807, 2.05) is 0 Å². The molecule has 1 aliphatic carbocycles. The average Bonchev–Trinajstić information content (AvgIpc) is 2.84. The Morgan fingerprint density at radius 1 is 1.42 bits per heavy atom. The highest BCUT2D eigenvalue weighted by molar-refractivity contribution is 4.95. The van der Waals surface area contributed by atoms with Crippen molar-refractivity contribution in [1.29, 1.82) is 0 Å². The molecule has 1 saturated heterocycles. The molecule has 1 saturated carbocycles. The summed E-state index contributed by atoms with van der Waals surface area (Å²) in [6.07, 6.45) is 7.63. The van der Waals surface area contributed by atoms with Gasteiger partial charge in [-0.25, -0.2) is 0 Å². The summed E-state index contributed by atoms with van der Waals surface area (Å²) in [5.74, 6) is 0. The second kappa shape index (κ2) is 3.75. The van der Waals surface area contributed by atoms with Crippen LogP contribution in [0.5, 0.6) is 0 Å². The smallest absolute Gasteiger partial charge is 0.110 e. The first-order valence-corrected chi connectivity index (χ1v) is 5.19. The second-order valence-electron chi connectivity index (χ2n) is 3.83. The normalized spacial score (nSPS) is 39.2. The number of unbranched alkanes of at least 4 members (excludes halogenated alkanes) is 1. The van der Waals surface area contributed by atoms with Crippen molar-refractivity contribution in [1.82, 2.24) is 0 Å². The summed E-state index contributed by atoms with van der Waals surface area (Å²) in [5.41, 5.74) is 0. The molecule has 0 bridgehead atoms. The van der Waals surface area contributed by atoms with Gasteiger partial charge < -0.3 is 9.47 Å². The van der Waals surface area contributed by atoms with E-state index in [1.54, 1.807) is 0 Å². The molecule has 1 aliphatic heterocycles. The van der Waals surface area contributed by atoms with Gasteiger partial charge in [0.05, 0.1) is 12.2 Å². The molecule has 0 N–H and O–H groups in total. The molecule has 1 heterocycles. The van der Waals surface area contributed by atoms with Crippen molar-refractivity contribution < 1.29 is 9.47 Å². The van der Waals surface area contributed by atoms with E-state index in [0.717, 1.165) is 6.61 Å². The quantitative estimate of drug-likeness (QED) is 0.476. The molecule has 0 aromatic carbocycles. The summed E-state index contributed by atoms with van der Waals surface area (Å²) in [6.45, 7) is 3.12. The lowest BCUT2D eigenvalue weighted by Crippen LogP contribution is -2.25. The molecular formula is C10H18O2. The van der Waals surface area contributed by atoms with Crippen molar-refractivity contribution in [3.63, 3.8) is 0 Å². The minimum absolute atomic E-state index is 0.426. The van der Waals surface area contributed by atoms with Crippen molar-refractivity contribution in [3.8, 4) is 0 Å². The van der Waals surface area contributed by atoms with E-state index in [0.29, 0.717) is 18.3 Å². The predicted octanol–water partition coefficient (Wildman–Crippen LogP) is 2.12. The predicted molar refractivity (Wildman–Crippen MR) is 47.2 cm³/mol. The van der Waals surface area contributed by atoms with Crippen molar-refractivity contribution in [2.45, 2.75) is 57.3 Å². The van der Waals surface area contributed by atoms with Crippen molar-refractivity contribution in [2.75, 3.05) is 6.61 Å². The summed E-state index contributed by atoms with van der Waals surface area (Å²) in [4.78, 5) is 0. The Balaban J connectivity index is 1.66. The number of hydrogen-bond acceptors (Lipinski definition) is 2. The zero-order chi connectivity index (χ0) is 8.39. The standard InChI is InChI=1S/C10H18O2/c1-2-3-7-11-8-5-4-6-9-10(8)12-9/h8-10H,2-7H2,1H3/t8-,9-,10+/m1/s1. The van der Waals surface area contributed by atoms with Gasteiger partial charge in [-0.3, -0.25) is 0 Å². The SMILES string of the molecule is CCCCO[C@@H]1CCC[C@H]2O[C@@H]12. The second-order valence-corrected chi connectivity index (χ2v) is 3.83. The number of ether oxygens (including phenoxy) is 2. The molecule has 3 atom stereocenters. The van der Waals surface area contributed by atoms with E-state index in [9.17, 15) is 0 Å². The van der Waals surface area contributed by atoms with Crippen LogP contribution in [-0.4, -0.2) is 24.9 Å². The molecule has 2 rings (SSSR count). The van der Waals surface area contributed by atoms with Gasteiger partial charge in [0.1, 0.15) is 6.10 Å². The Kier molecular flexibility index (Phi) is 2.66. The minimum atomic E-state index is 0.426. The molecular weight excluding hydrogens is 152 g/mol. The highest BCUT2D eigenvalue weighted by Gasteiger charge is 2.47. The van der Waals surface area contributed by atoms with Crippen LogP contribution in [0.3, 0.4) is 0 Å². The van der Waals surface area contributed by atoms with Gasteiger partial charge in [-0.2, -0.15) is 0 Å². The number of rotatable bonds is 4. The average molecular weight is 170 g/mol. The Hall–Kier alpha value is -0.0800. The third kappa shape index (κ3) is 1.80. The number of fused-ring (bicyclic) bond motifs is 1. The van der Waals surface area contributed by atoms with Crippen LogP contribution in [0.4, 0.5) is 0 Å². The minimum Gasteiger partial charge on any atom is -0.375 e. The van der Waals surface area contributed by atoms with Crippen molar-refractivity contribution in [3.05, 3.63) is 0 Å². The molecule has 2 heteroatoms. The van der Waals surface area contributed by atoms with E-state index in [2.05, 4.69) is 6.92 Å². The van der Waals surface area contributed by atoms with E-state index in [4.69, 9.17) is 9.47 Å². The van der Waals surface area contributed by atoms with Crippen LogP contribution in [0.1, 0.15) is 39.0 Å². The van der Waals surface area contributed by atoms with Crippen LogP contribution in [0, 0.1) is 0 Å². The Morgan fingerprint density at radius 3 is 3.17 bits per heavy atom. The maximum Gasteiger partial charge on any atom is 0.110 e. The van der Waals surface area contributed by atoms with Gasteiger partial charge in [-0.1, -0.05) is 13.3 Å². The van der Waals surface area contributed by atoms with Gasteiger partial charge in [0.15, 0.2) is 0 Å². The maximum atomic E-state index is 5.75. The van der Waals surface area contributed by atoms with Gasteiger partial charge in [0, 0.05) is 6.61 Å². The zero-order valence-electron chi connectivity index (χ0n) is 7.79. The fourth-order valence-electron chi connectivity index (χ4n) is 1.96. The molecule has 12 heavy (non-hydrogen) atoms. The third-order valence-electron chi connectivity index (χ3n) is 2.80. The van der Waals surface area contributed by atoms with E-state index >= 15 is 0 Å². The first-order chi connectivity index (χ1) is 5.92. The molecule has 0 radical (unpaired) electrons. The van der Waals surface area contributed by atoms with Gasteiger partial charge in [-0.05, 0) is 25.7 Å². The molecule has 0 spiro atoms. The summed E-state index contributed by atoms with van der Waals surface area (Å²) in [7, 11) is 0. The maximum absolute atomic E-state index is 5.75. The van der Waals surface area contributed by atoms with Crippen molar-refractivity contribution in [2.24, 2.45) is 0 Å². The molecule has 70 valence electrons. The van der Waals surface area contributed by atoms with Crippen LogP contribution in [0.25, 0.3) is 0 Å². The van der Waals surface area contributed by atoms with E-state index < -0.39 is 0 Å². The van der Waals surface area contributed by atoms with Crippen LogP contribution in [-0.2, 0) is 9.47 Å². The van der Waals surface area contributed by atoms with Crippen LogP contribution < -0.4 is 0 Å². The van der Waals surface area contributed by atoms with Crippen LogP contribution in [0.2, 0.25) is 0 Å². The fourth-order valence-corrected chi connectivity index (χ4v) is 1.96. The van der Waals surface area contributed by atoms with Gasteiger partial charge in [0.25, 0.3) is 0 Å². The third-order valence-corrected chi connectivity index (χ3v) is 2.80. The molecule has 2 nitrogen and oxygen atoms in total. The first-order valence-electron chi connectivity index (χ1n) is 5.19.